The van der Waals surface area contributed by atoms with Gasteiger partial charge in [-0.2, -0.15) is 15.0 Å². The maximum atomic E-state index is 5.78. The van der Waals surface area contributed by atoms with E-state index in [1.54, 1.807) is 0 Å². The molecule has 0 unspecified atom stereocenters. The Balaban J connectivity index is 2.07. The summed E-state index contributed by atoms with van der Waals surface area (Å²) in [6.07, 6.45) is 0. The smallest absolute Gasteiger partial charge is 0.244 e. The van der Waals surface area contributed by atoms with Gasteiger partial charge in [0, 0.05) is 39.3 Å². The standard InChI is InChI=1S/C12H24N8/c1-4-19(5-2)12-15-10(13)14-11(16-12)17-20-8-6-18(3)7-9-20/h4-9H2,1-3H3,(H3,13,14,15,16,17). The van der Waals surface area contributed by atoms with E-state index in [-0.39, 0.29) is 5.95 Å². The molecule has 3 N–H and O–H groups in total. The zero-order chi connectivity index (χ0) is 14.5. The Bertz CT molecular complexity index is 425. The second-order valence-corrected chi connectivity index (χ2v) is 4.89. The van der Waals surface area contributed by atoms with E-state index in [1.807, 2.05) is 4.90 Å². The van der Waals surface area contributed by atoms with Crippen molar-refractivity contribution in [2.24, 2.45) is 0 Å². The van der Waals surface area contributed by atoms with Crippen molar-refractivity contribution >= 4 is 17.8 Å². The van der Waals surface area contributed by atoms with Gasteiger partial charge in [-0.1, -0.05) is 0 Å². The predicted octanol–water partition coefficient (Wildman–Crippen LogP) is -0.126. The van der Waals surface area contributed by atoms with E-state index < -0.39 is 0 Å². The van der Waals surface area contributed by atoms with Crippen LogP contribution in [0.4, 0.5) is 17.8 Å². The number of nitrogens with one attached hydrogen (secondary N) is 1. The van der Waals surface area contributed by atoms with Gasteiger partial charge in [0.05, 0.1) is 0 Å². The van der Waals surface area contributed by atoms with Crippen molar-refractivity contribution in [1.29, 1.82) is 0 Å². The largest absolute Gasteiger partial charge is 0.368 e. The number of piperazine rings is 1. The molecule has 2 rings (SSSR count). The summed E-state index contributed by atoms with van der Waals surface area (Å²) in [5.41, 5.74) is 9.00. The number of hydrogen-bond donors (Lipinski definition) is 2. The zero-order valence-electron chi connectivity index (χ0n) is 12.5. The molecule has 0 aromatic carbocycles. The molecule has 20 heavy (non-hydrogen) atoms. The normalized spacial score (nSPS) is 17.1. The number of likely N-dealkylation sites (N-methyl/N-ethyl adjacent to an activating group) is 1. The van der Waals surface area contributed by atoms with E-state index in [0.29, 0.717) is 11.9 Å². The Morgan fingerprint density at radius 3 is 2.35 bits per heavy atom. The molecule has 0 radical (unpaired) electrons. The quantitative estimate of drug-likeness (QED) is 0.771. The minimum absolute atomic E-state index is 0.249. The molecule has 1 aromatic heterocycles. The molecule has 1 aliphatic rings. The van der Waals surface area contributed by atoms with Crippen LogP contribution in [0.5, 0.6) is 0 Å². The van der Waals surface area contributed by atoms with Crippen LogP contribution < -0.4 is 16.1 Å². The van der Waals surface area contributed by atoms with Gasteiger partial charge in [-0.25, -0.2) is 5.01 Å². The zero-order valence-corrected chi connectivity index (χ0v) is 12.5. The Kier molecular flexibility index (Phi) is 4.91. The second-order valence-electron chi connectivity index (χ2n) is 4.89. The van der Waals surface area contributed by atoms with E-state index in [0.717, 1.165) is 39.3 Å². The molecular formula is C12H24N8. The molecule has 0 aliphatic carbocycles. The highest BCUT2D eigenvalue weighted by atomic mass is 15.6. The van der Waals surface area contributed by atoms with Crippen LogP contribution in [0.2, 0.25) is 0 Å². The average molecular weight is 280 g/mol. The van der Waals surface area contributed by atoms with E-state index in [4.69, 9.17) is 5.73 Å². The first-order valence-electron chi connectivity index (χ1n) is 7.09. The van der Waals surface area contributed by atoms with E-state index in [9.17, 15) is 0 Å². The summed E-state index contributed by atoms with van der Waals surface area (Å²) in [6.45, 7) is 9.73. The summed E-state index contributed by atoms with van der Waals surface area (Å²) in [6, 6.07) is 0. The number of aromatic nitrogens is 3. The number of anilines is 3. The highest BCUT2D eigenvalue weighted by molar-refractivity contribution is 5.41. The summed E-state index contributed by atoms with van der Waals surface area (Å²) in [5.74, 6) is 1.39. The van der Waals surface area contributed by atoms with E-state index in [2.05, 4.69) is 51.2 Å². The van der Waals surface area contributed by atoms with Crippen LogP contribution in [-0.2, 0) is 0 Å². The first-order valence-corrected chi connectivity index (χ1v) is 7.09. The number of hydrogen-bond acceptors (Lipinski definition) is 8. The number of nitrogen functional groups attached to an aromatic ring is 1. The minimum atomic E-state index is 0.249. The average Bonchev–Trinajstić information content (AvgIpc) is 2.42. The van der Waals surface area contributed by atoms with Crippen molar-refractivity contribution in [2.45, 2.75) is 13.8 Å². The summed E-state index contributed by atoms with van der Waals surface area (Å²) in [4.78, 5) is 17.1. The topological polar surface area (TPSA) is 86.4 Å². The maximum absolute atomic E-state index is 5.78. The highest BCUT2D eigenvalue weighted by Gasteiger charge is 2.16. The van der Waals surface area contributed by atoms with Crippen LogP contribution in [-0.4, -0.2) is 71.2 Å². The lowest BCUT2D eigenvalue weighted by Gasteiger charge is -2.32. The van der Waals surface area contributed by atoms with Gasteiger partial charge in [0.2, 0.25) is 17.8 Å². The molecule has 0 amide bonds. The van der Waals surface area contributed by atoms with Crippen molar-refractivity contribution in [3.63, 3.8) is 0 Å². The first kappa shape index (κ1) is 14.7. The Labute approximate surface area is 120 Å². The maximum Gasteiger partial charge on any atom is 0.244 e. The Morgan fingerprint density at radius 1 is 1.10 bits per heavy atom. The van der Waals surface area contributed by atoms with Gasteiger partial charge >= 0.3 is 0 Å². The monoisotopic (exact) mass is 280 g/mol. The van der Waals surface area contributed by atoms with Crippen molar-refractivity contribution in [3.8, 4) is 0 Å². The van der Waals surface area contributed by atoms with Gasteiger partial charge < -0.3 is 15.5 Å². The third-order valence-electron chi connectivity index (χ3n) is 3.45. The molecule has 0 atom stereocenters. The van der Waals surface area contributed by atoms with E-state index >= 15 is 0 Å². The fraction of sp³-hybridized carbons (Fsp3) is 0.750. The molecule has 1 saturated heterocycles. The summed E-state index contributed by atoms with van der Waals surface area (Å²) in [5, 5.41) is 2.11. The Hall–Kier alpha value is -1.67. The molecular weight excluding hydrogens is 256 g/mol. The lowest BCUT2D eigenvalue weighted by atomic mass is 10.4. The van der Waals surface area contributed by atoms with Gasteiger partial charge in [-0.3, -0.25) is 5.43 Å². The van der Waals surface area contributed by atoms with Crippen LogP contribution in [0.3, 0.4) is 0 Å². The van der Waals surface area contributed by atoms with Crippen LogP contribution >= 0.6 is 0 Å². The van der Waals surface area contributed by atoms with Crippen LogP contribution in [0.25, 0.3) is 0 Å². The number of nitrogens with zero attached hydrogens (tertiary/aromatic N) is 6. The molecule has 112 valence electrons. The predicted molar refractivity (Wildman–Crippen MR) is 80.5 cm³/mol. The van der Waals surface area contributed by atoms with Gasteiger partial charge in [0.1, 0.15) is 0 Å². The summed E-state index contributed by atoms with van der Waals surface area (Å²) in [7, 11) is 2.12. The third-order valence-corrected chi connectivity index (χ3v) is 3.45. The van der Waals surface area contributed by atoms with Crippen LogP contribution in [0, 0.1) is 0 Å². The fourth-order valence-electron chi connectivity index (χ4n) is 2.14. The molecule has 2 heterocycles. The lowest BCUT2D eigenvalue weighted by molar-refractivity contribution is 0.178. The van der Waals surface area contributed by atoms with Gasteiger partial charge in [0.25, 0.3) is 0 Å². The fourth-order valence-corrected chi connectivity index (χ4v) is 2.14. The summed E-state index contributed by atoms with van der Waals surface area (Å²) < 4.78 is 0. The number of rotatable bonds is 5. The molecule has 0 bridgehead atoms. The molecule has 0 spiro atoms. The molecule has 1 aliphatic heterocycles. The molecule has 0 saturated carbocycles. The van der Waals surface area contributed by atoms with E-state index in [1.165, 1.54) is 0 Å². The number of nitrogens with two attached hydrogens (primary N) is 1. The van der Waals surface area contributed by atoms with Crippen molar-refractivity contribution in [2.75, 3.05) is 62.4 Å². The molecule has 8 nitrogen and oxygen atoms in total. The minimum Gasteiger partial charge on any atom is -0.368 e. The Morgan fingerprint density at radius 2 is 1.75 bits per heavy atom. The van der Waals surface area contributed by atoms with Crippen LogP contribution in [0.1, 0.15) is 13.8 Å². The number of hydrazine groups is 1. The third kappa shape index (κ3) is 3.67. The van der Waals surface area contributed by atoms with Crippen molar-refractivity contribution < 1.29 is 0 Å². The molecule has 8 heteroatoms. The molecule has 1 aromatic rings. The van der Waals surface area contributed by atoms with Crippen molar-refractivity contribution in [3.05, 3.63) is 0 Å². The van der Waals surface area contributed by atoms with Gasteiger partial charge in [-0.05, 0) is 20.9 Å². The summed E-state index contributed by atoms with van der Waals surface area (Å²) >= 11 is 0. The van der Waals surface area contributed by atoms with Gasteiger partial charge in [0.15, 0.2) is 0 Å². The first-order chi connectivity index (χ1) is 9.62. The lowest BCUT2D eigenvalue weighted by Crippen LogP contribution is -2.47. The highest BCUT2D eigenvalue weighted by Crippen LogP contribution is 2.12. The molecule has 1 fully saturated rings. The van der Waals surface area contributed by atoms with Gasteiger partial charge in [-0.15, -0.1) is 0 Å². The van der Waals surface area contributed by atoms with Crippen LogP contribution in [0.15, 0.2) is 0 Å². The second kappa shape index (κ2) is 6.67. The van der Waals surface area contributed by atoms with Crippen molar-refractivity contribution in [1.82, 2.24) is 24.9 Å². The SMILES string of the molecule is CCN(CC)c1nc(N)nc(NN2CCN(C)CC2)n1.